The number of para-hydroxylation sites is 2. The van der Waals surface area contributed by atoms with Gasteiger partial charge in [0.05, 0.1) is 5.69 Å². The van der Waals surface area contributed by atoms with E-state index < -0.39 is 6.36 Å². The fourth-order valence-corrected chi connectivity index (χ4v) is 3.65. The molecule has 8 heteroatoms. The van der Waals surface area contributed by atoms with E-state index in [1.54, 1.807) is 24.3 Å². The van der Waals surface area contributed by atoms with Crippen molar-refractivity contribution in [3.63, 3.8) is 0 Å². The number of nitrogens with zero attached hydrogens (tertiary/aromatic N) is 1. The van der Waals surface area contributed by atoms with Gasteiger partial charge in [0.1, 0.15) is 11.5 Å². The second-order valence-electron chi connectivity index (χ2n) is 8.33. The average molecular weight is 493 g/mol. The highest BCUT2D eigenvalue weighted by Gasteiger charge is 2.31. The molecule has 1 amide bonds. The van der Waals surface area contributed by atoms with Crippen LogP contribution in [0.3, 0.4) is 0 Å². The van der Waals surface area contributed by atoms with Gasteiger partial charge in [-0.2, -0.15) is 0 Å². The molecule has 1 saturated heterocycles. The van der Waals surface area contributed by atoms with Gasteiger partial charge in [0, 0.05) is 24.7 Å². The molecule has 1 fully saturated rings. The van der Waals surface area contributed by atoms with Gasteiger partial charge in [-0.25, -0.2) is 0 Å². The first-order valence-electron chi connectivity index (χ1n) is 12.0. The molecule has 0 unspecified atom stereocenters. The second-order valence-corrected chi connectivity index (χ2v) is 8.33. The summed E-state index contributed by atoms with van der Waals surface area (Å²) in [7, 11) is 0. The molecule has 5 nitrogen and oxygen atoms in total. The summed E-state index contributed by atoms with van der Waals surface area (Å²) in [6, 6.07) is 12.1. The highest BCUT2D eigenvalue weighted by Crippen LogP contribution is 2.32. The number of piperidine rings is 1. The van der Waals surface area contributed by atoms with E-state index in [9.17, 15) is 18.0 Å². The molecule has 0 aromatic heterocycles. The molecule has 0 atom stereocenters. The molecular weight excluding hydrogens is 457 g/mol. The minimum absolute atomic E-state index is 0.0632. The maximum atomic E-state index is 12.8. The highest BCUT2D eigenvalue weighted by atomic mass is 19.4. The fraction of sp³-hybridized carbons (Fsp3) is 0.444. The number of alkyl halides is 3. The number of allylic oxidation sites excluding steroid dienone is 2. The summed E-state index contributed by atoms with van der Waals surface area (Å²) in [5.74, 6) is 0.248. The number of nitrogens with one attached hydrogen (secondary N) is 1. The Morgan fingerprint density at radius 3 is 2.17 bits per heavy atom. The molecule has 0 radical (unpaired) electrons. The van der Waals surface area contributed by atoms with Crippen molar-refractivity contribution in [2.75, 3.05) is 18.4 Å². The third-order valence-corrected chi connectivity index (χ3v) is 5.29. The second kappa shape index (κ2) is 13.7. The van der Waals surface area contributed by atoms with Crippen molar-refractivity contribution < 1.29 is 27.4 Å². The third kappa shape index (κ3) is 9.54. The smallest absolute Gasteiger partial charge is 0.455 e. The quantitative estimate of drug-likeness (QED) is 0.429. The van der Waals surface area contributed by atoms with Gasteiger partial charge in [-0.3, -0.25) is 4.79 Å². The number of halogens is 3. The number of anilines is 1. The Morgan fingerprint density at radius 2 is 1.60 bits per heavy atom. The first-order valence-corrected chi connectivity index (χ1v) is 12.0. The lowest BCUT2D eigenvalue weighted by molar-refractivity contribution is -0.274. The molecule has 0 saturated carbocycles. The van der Waals surface area contributed by atoms with E-state index in [0.717, 1.165) is 32.4 Å². The van der Waals surface area contributed by atoms with Crippen LogP contribution >= 0.6 is 0 Å². The Morgan fingerprint density at radius 1 is 1.03 bits per heavy atom. The van der Waals surface area contributed by atoms with Crippen molar-refractivity contribution in [2.45, 2.75) is 59.7 Å². The van der Waals surface area contributed by atoms with Gasteiger partial charge in [-0.15, -0.1) is 13.2 Å². The number of rotatable bonds is 7. The summed E-state index contributed by atoms with van der Waals surface area (Å²) < 4.78 is 46.6. The summed E-state index contributed by atoms with van der Waals surface area (Å²) in [4.78, 5) is 15.1. The lowest BCUT2D eigenvalue weighted by atomic mass is 9.95. The Balaban J connectivity index is 0.00000137. The topological polar surface area (TPSA) is 50.8 Å². The fourth-order valence-electron chi connectivity index (χ4n) is 3.65. The van der Waals surface area contributed by atoms with Crippen LogP contribution in [0.15, 0.2) is 60.3 Å². The van der Waals surface area contributed by atoms with Crippen molar-refractivity contribution in [1.29, 1.82) is 0 Å². The standard InChI is InChI=1S/C24H27F3N2O3.C3H8/c1-3-6-17(2)29-15-13-18(14-16-29)23(30)28-21-7-4-5-8-22(21)31-19-9-11-20(12-10-19)32-24(25,26)27;1-3-2/h4-12,18H,3,13-16H2,1-2H3,(H,28,30);3H2,1-2H3/b17-6-;. The number of likely N-dealkylation sites (tertiary alicyclic amines) is 1. The zero-order valence-corrected chi connectivity index (χ0v) is 20.8. The van der Waals surface area contributed by atoms with Gasteiger partial charge in [-0.1, -0.05) is 45.4 Å². The van der Waals surface area contributed by atoms with Crippen LogP contribution in [0.4, 0.5) is 18.9 Å². The van der Waals surface area contributed by atoms with Crippen LogP contribution in [0, 0.1) is 5.92 Å². The SMILES string of the molecule is CC/C=C(/C)N1CCC(C(=O)Nc2ccccc2Oc2ccc(OC(F)(F)F)cc2)CC1.CCC. The van der Waals surface area contributed by atoms with Crippen LogP contribution < -0.4 is 14.8 Å². The molecule has 1 aliphatic rings. The molecule has 2 aromatic carbocycles. The Bertz CT molecular complexity index is 951. The number of carbonyl (C=O) groups excluding carboxylic acids is 1. The van der Waals surface area contributed by atoms with Gasteiger partial charge in [-0.05, 0) is 62.6 Å². The van der Waals surface area contributed by atoms with Gasteiger partial charge in [0.2, 0.25) is 5.91 Å². The molecule has 0 spiro atoms. The van der Waals surface area contributed by atoms with Crippen LogP contribution in [-0.2, 0) is 4.79 Å². The average Bonchev–Trinajstić information content (AvgIpc) is 2.81. The first kappa shape index (κ1) is 28.1. The maximum absolute atomic E-state index is 12.8. The van der Waals surface area contributed by atoms with E-state index in [1.165, 1.54) is 36.4 Å². The largest absolute Gasteiger partial charge is 0.573 e. The van der Waals surface area contributed by atoms with E-state index >= 15 is 0 Å². The Labute approximate surface area is 205 Å². The predicted molar refractivity (Wildman–Crippen MR) is 133 cm³/mol. The van der Waals surface area contributed by atoms with E-state index in [0.29, 0.717) is 17.2 Å². The molecular formula is C27H35F3N2O3. The molecule has 1 aliphatic heterocycles. The Kier molecular flexibility index (Phi) is 11.0. The van der Waals surface area contributed by atoms with E-state index in [-0.39, 0.29) is 17.6 Å². The summed E-state index contributed by atoms with van der Waals surface area (Å²) in [6.45, 7) is 10.1. The lowest BCUT2D eigenvalue weighted by Gasteiger charge is -2.33. The van der Waals surface area contributed by atoms with Gasteiger partial charge in [0.15, 0.2) is 5.75 Å². The summed E-state index contributed by atoms with van der Waals surface area (Å²) in [5, 5.41) is 2.94. The molecule has 1 N–H and O–H groups in total. The lowest BCUT2D eigenvalue weighted by Crippen LogP contribution is -2.37. The molecule has 0 aliphatic carbocycles. The van der Waals surface area contributed by atoms with Crippen LogP contribution in [0.2, 0.25) is 0 Å². The number of ether oxygens (including phenoxy) is 2. The molecule has 0 bridgehead atoms. The minimum Gasteiger partial charge on any atom is -0.455 e. The van der Waals surface area contributed by atoms with Crippen molar-refractivity contribution in [1.82, 2.24) is 4.90 Å². The minimum atomic E-state index is -4.75. The van der Waals surface area contributed by atoms with Crippen molar-refractivity contribution in [3.8, 4) is 17.2 Å². The van der Waals surface area contributed by atoms with Gasteiger partial charge < -0.3 is 19.7 Å². The third-order valence-electron chi connectivity index (χ3n) is 5.29. The van der Waals surface area contributed by atoms with E-state index in [1.807, 2.05) is 0 Å². The van der Waals surface area contributed by atoms with Crippen molar-refractivity contribution in [3.05, 3.63) is 60.3 Å². The van der Waals surface area contributed by atoms with Crippen LogP contribution in [0.5, 0.6) is 17.2 Å². The normalized spacial score (nSPS) is 14.6. The van der Waals surface area contributed by atoms with Crippen molar-refractivity contribution >= 4 is 11.6 Å². The Hall–Kier alpha value is -3.16. The van der Waals surface area contributed by atoms with Crippen molar-refractivity contribution in [2.24, 2.45) is 5.92 Å². The molecule has 192 valence electrons. The number of hydrogen-bond acceptors (Lipinski definition) is 4. The molecule has 1 heterocycles. The van der Waals surface area contributed by atoms with E-state index in [2.05, 4.69) is 48.7 Å². The highest BCUT2D eigenvalue weighted by molar-refractivity contribution is 5.94. The number of carbonyl (C=O) groups is 1. The van der Waals surface area contributed by atoms with Gasteiger partial charge >= 0.3 is 6.36 Å². The number of hydrogen-bond donors (Lipinski definition) is 1. The summed E-state index contributed by atoms with van der Waals surface area (Å²) in [6.07, 6.45) is 1.21. The van der Waals surface area contributed by atoms with Crippen LogP contribution in [0.25, 0.3) is 0 Å². The van der Waals surface area contributed by atoms with Crippen LogP contribution in [-0.4, -0.2) is 30.3 Å². The molecule has 35 heavy (non-hydrogen) atoms. The first-order chi connectivity index (χ1) is 16.7. The molecule has 3 rings (SSSR count). The number of amides is 1. The van der Waals surface area contributed by atoms with Gasteiger partial charge in [0.25, 0.3) is 0 Å². The number of benzene rings is 2. The summed E-state index contributed by atoms with van der Waals surface area (Å²) in [5.41, 5.74) is 1.76. The predicted octanol–water partition coefficient (Wildman–Crippen LogP) is 7.76. The maximum Gasteiger partial charge on any atom is 0.573 e. The monoisotopic (exact) mass is 492 g/mol. The zero-order chi connectivity index (χ0) is 25.8. The summed E-state index contributed by atoms with van der Waals surface area (Å²) >= 11 is 0. The van der Waals surface area contributed by atoms with E-state index in [4.69, 9.17) is 4.74 Å². The van der Waals surface area contributed by atoms with Crippen LogP contribution in [0.1, 0.15) is 53.4 Å². The molecule has 2 aromatic rings. The zero-order valence-electron chi connectivity index (χ0n) is 20.8.